The highest BCUT2D eigenvalue weighted by molar-refractivity contribution is 6.22. The Morgan fingerprint density at radius 3 is 2.65 bits per heavy atom. The fourth-order valence-corrected chi connectivity index (χ4v) is 3.30. The number of alkyl halides is 1. The van der Waals surface area contributed by atoms with Gasteiger partial charge in [0.05, 0.1) is 18.6 Å². The number of ether oxygens (including phenoxy) is 2. The highest BCUT2D eigenvalue weighted by atomic mass is 35.5. The molecule has 1 saturated heterocycles. The van der Waals surface area contributed by atoms with Gasteiger partial charge in [0.1, 0.15) is 5.75 Å². The summed E-state index contributed by atoms with van der Waals surface area (Å²) in [5, 5.41) is 2.15. The molecular formula is C17H19ClO2. The van der Waals surface area contributed by atoms with Crippen LogP contribution in [-0.4, -0.2) is 19.8 Å². The monoisotopic (exact) mass is 290 g/mol. The molecule has 0 saturated carbocycles. The maximum Gasteiger partial charge on any atom is 0.126 e. The maximum atomic E-state index is 6.69. The summed E-state index contributed by atoms with van der Waals surface area (Å²) in [6.07, 6.45) is 3.49. The zero-order valence-corrected chi connectivity index (χ0v) is 12.4. The van der Waals surface area contributed by atoms with Gasteiger partial charge in [-0.25, -0.2) is 0 Å². The van der Waals surface area contributed by atoms with Crippen molar-refractivity contribution in [1.82, 2.24) is 0 Å². The quantitative estimate of drug-likeness (QED) is 0.763. The molecule has 20 heavy (non-hydrogen) atoms. The van der Waals surface area contributed by atoms with Gasteiger partial charge in [-0.05, 0) is 36.3 Å². The summed E-state index contributed by atoms with van der Waals surface area (Å²) < 4.78 is 11.3. The molecule has 0 radical (unpaired) electrons. The van der Waals surface area contributed by atoms with Crippen LogP contribution >= 0.6 is 11.6 Å². The number of fused-ring (bicyclic) bond motifs is 1. The van der Waals surface area contributed by atoms with Gasteiger partial charge in [-0.15, -0.1) is 11.6 Å². The van der Waals surface area contributed by atoms with Crippen LogP contribution < -0.4 is 4.74 Å². The summed E-state index contributed by atoms with van der Waals surface area (Å²) in [4.78, 5) is 0. The van der Waals surface area contributed by atoms with Gasteiger partial charge in [-0.2, -0.15) is 0 Å². The lowest BCUT2D eigenvalue weighted by Crippen LogP contribution is -2.23. The smallest absolute Gasteiger partial charge is 0.126 e. The Kier molecular flexibility index (Phi) is 4.13. The van der Waals surface area contributed by atoms with Crippen molar-refractivity contribution in [2.45, 2.75) is 30.7 Å². The van der Waals surface area contributed by atoms with E-state index in [0.29, 0.717) is 0 Å². The summed E-state index contributed by atoms with van der Waals surface area (Å²) >= 11 is 6.69. The molecule has 1 aliphatic rings. The maximum absolute atomic E-state index is 6.69. The van der Waals surface area contributed by atoms with Gasteiger partial charge in [-0.3, -0.25) is 0 Å². The summed E-state index contributed by atoms with van der Waals surface area (Å²) in [5.74, 6) is 0.887. The average Bonchev–Trinajstić information content (AvgIpc) is 2.54. The minimum atomic E-state index is -0.105. The first-order valence-electron chi connectivity index (χ1n) is 7.12. The van der Waals surface area contributed by atoms with Gasteiger partial charge in [0, 0.05) is 12.0 Å². The molecule has 0 N–H and O–H groups in total. The van der Waals surface area contributed by atoms with E-state index in [-0.39, 0.29) is 11.5 Å². The lowest BCUT2D eigenvalue weighted by molar-refractivity contribution is 0.0138. The second-order valence-electron chi connectivity index (χ2n) is 5.21. The van der Waals surface area contributed by atoms with E-state index in [4.69, 9.17) is 21.1 Å². The van der Waals surface area contributed by atoms with Crippen molar-refractivity contribution in [1.29, 1.82) is 0 Å². The summed E-state index contributed by atoms with van der Waals surface area (Å²) in [7, 11) is 1.70. The molecule has 2 unspecified atom stereocenters. The number of halogens is 1. The van der Waals surface area contributed by atoms with Gasteiger partial charge >= 0.3 is 0 Å². The molecule has 1 heterocycles. The standard InChI is InChI=1S/C17H19ClO2/c1-19-15-10-9-14(12-6-2-3-7-13(12)15)17(18)16-8-4-5-11-20-16/h2-3,6-7,9-10,16-17H,4-5,8,11H2,1H3. The third kappa shape index (κ3) is 2.50. The van der Waals surface area contributed by atoms with E-state index in [2.05, 4.69) is 18.2 Å². The number of benzene rings is 2. The van der Waals surface area contributed by atoms with Crippen molar-refractivity contribution in [3.8, 4) is 5.75 Å². The lowest BCUT2D eigenvalue weighted by atomic mass is 9.95. The number of hydrogen-bond acceptors (Lipinski definition) is 2. The van der Waals surface area contributed by atoms with Gasteiger partial charge in [0.2, 0.25) is 0 Å². The van der Waals surface area contributed by atoms with Crippen LogP contribution in [0.15, 0.2) is 36.4 Å². The van der Waals surface area contributed by atoms with Gasteiger partial charge < -0.3 is 9.47 Å². The molecule has 2 nitrogen and oxygen atoms in total. The normalized spacial score (nSPS) is 20.8. The van der Waals surface area contributed by atoms with E-state index in [1.165, 1.54) is 6.42 Å². The Hall–Kier alpha value is -1.25. The van der Waals surface area contributed by atoms with Crippen molar-refractivity contribution < 1.29 is 9.47 Å². The fourth-order valence-electron chi connectivity index (χ4n) is 2.91. The fraction of sp³-hybridized carbons (Fsp3) is 0.412. The Morgan fingerprint density at radius 1 is 1.15 bits per heavy atom. The first-order chi connectivity index (χ1) is 9.81. The van der Waals surface area contributed by atoms with Crippen LogP contribution in [0.25, 0.3) is 10.8 Å². The molecule has 2 aromatic rings. The van der Waals surface area contributed by atoms with Crippen LogP contribution in [0.3, 0.4) is 0 Å². The third-order valence-electron chi connectivity index (χ3n) is 3.98. The molecule has 0 aliphatic carbocycles. The molecule has 106 valence electrons. The molecule has 3 heteroatoms. The predicted octanol–water partition coefficient (Wildman–Crippen LogP) is 4.70. The molecule has 2 aromatic carbocycles. The largest absolute Gasteiger partial charge is 0.496 e. The minimum Gasteiger partial charge on any atom is -0.496 e. The summed E-state index contributed by atoms with van der Waals surface area (Å²) in [5.41, 5.74) is 1.13. The highest BCUT2D eigenvalue weighted by Crippen LogP contribution is 2.38. The first kappa shape index (κ1) is 13.7. The van der Waals surface area contributed by atoms with Crippen molar-refractivity contribution in [3.05, 3.63) is 42.0 Å². The van der Waals surface area contributed by atoms with E-state index >= 15 is 0 Å². The van der Waals surface area contributed by atoms with Crippen LogP contribution in [-0.2, 0) is 4.74 Å². The highest BCUT2D eigenvalue weighted by Gasteiger charge is 2.25. The van der Waals surface area contributed by atoms with Crippen molar-refractivity contribution in [2.24, 2.45) is 0 Å². The van der Waals surface area contributed by atoms with E-state index in [0.717, 1.165) is 41.5 Å². The third-order valence-corrected chi connectivity index (χ3v) is 4.49. The molecule has 1 fully saturated rings. The van der Waals surface area contributed by atoms with E-state index in [9.17, 15) is 0 Å². The molecule has 0 amide bonds. The van der Waals surface area contributed by atoms with Crippen molar-refractivity contribution >= 4 is 22.4 Å². The van der Waals surface area contributed by atoms with Gasteiger partial charge in [-0.1, -0.05) is 30.3 Å². The van der Waals surface area contributed by atoms with Gasteiger partial charge in [0.25, 0.3) is 0 Å². The molecule has 0 bridgehead atoms. The van der Waals surface area contributed by atoms with Crippen LogP contribution in [0.4, 0.5) is 0 Å². The number of hydrogen-bond donors (Lipinski definition) is 0. The Bertz CT molecular complexity index is 591. The zero-order chi connectivity index (χ0) is 13.9. The summed E-state index contributed by atoms with van der Waals surface area (Å²) in [6.45, 7) is 0.821. The van der Waals surface area contributed by atoms with Crippen molar-refractivity contribution in [3.63, 3.8) is 0 Å². The molecule has 0 spiro atoms. The van der Waals surface area contributed by atoms with Crippen molar-refractivity contribution in [2.75, 3.05) is 13.7 Å². The van der Waals surface area contributed by atoms with E-state index in [1.807, 2.05) is 18.2 Å². The van der Waals surface area contributed by atoms with Crippen LogP contribution in [0.2, 0.25) is 0 Å². The summed E-state index contributed by atoms with van der Waals surface area (Å²) in [6, 6.07) is 12.3. The van der Waals surface area contributed by atoms with Crippen LogP contribution in [0.5, 0.6) is 5.75 Å². The molecule has 2 atom stereocenters. The Balaban J connectivity index is 2.02. The zero-order valence-electron chi connectivity index (χ0n) is 11.6. The van der Waals surface area contributed by atoms with Crippen LogP contribution in [0.1, 0.15) is 30.2 Å². The van der Waals surface area contributed by atoms with Gasteiger partial charge in [0.15, 0.2) is 0 Å². The topological polar surface area (TPSA) is 18.5 Å². The first-order valence-corrected chi connectivity index (χ1v) is 7.56. The lowest BCUT2D eigenvalue weighted by Gasteiger charge is -2.27. The second-order valence-corrected chi connectivity index (χ2v) is 5.68. The second kappa shape index (κ2) is 6.02. The molecule has 3 rings (SSSR count). The van der Waals surface area contributed by atoms with E-state index in [1.54, 1.807) is 7.11 Å². The molecular weight excluding hydrogens is 272 g/mol. The Labute approximate surface area is 124 Å². The van der Waals surface area contributed by atoms with E-state index < -0.39 is 0 Å². The number of methoxy groups -OCH3 is 1. The molecule has 0 aromatic heterocycles. The average molecular weight is 291 g/mol. The molecule has 1 aliphatic heterocycles. The Morgan fingerprint density at radius 2 is 1.95 bits per heavy atom. The number of rotatable bonds is 3. The minimum absolute atomic E-state index is 0.105. The predicted molar refractivity (Wildman–Crippen MR) is 82.7 cm³/mol. The van der Waals surface area contributed by atoms with Crippen LogP contribution in [0, 0.1) is 0 Å². The SMILES string of the molecule is COc1ccc(C(Cl)C2CCCCO2)c2ccccc12.